The van der Waals surface area contributed by atoms with E-state index in [1.165, 1.54) is 11.8 Å². The van der Waals surface area contributed by atoms with Crippen LogP contribution < -0.4 is 4.90 Å². The van der Waals surface area contributed by atoms with Gasteiger partial charge in [0.15, 0.2) is 9.84 Å². The smallest absolute Gasteiger partial charge is 0.237 e. The standard InChI is InChI=1S/C18H24N4O3S2/c1-18(2,3)16-19-17(21-20-16)26-11-15(23)22(13-7-5-4-6-8-13)14-9-10-27(24,25)12-14/h4-8,14H,9-12H2,1-3H3,(H,19,20,21)/t14-/m0/s1. The van der Waals surface area contributed by atoms with Crippen molar-refractivity contribution in [1.29, 1.82) is 0 Å². The van der Waals surface area contributed by atoms with E-state index in [1.54, 1.807) is 4.90 Å². The Bertz CT molecular complexity index is 904. The number of benzene rings is 1. The molecule has 0 saturated carbocycles. The lowest BCUT2D eigenvalue weighted by Gasteiger charge is -2.28. The van der Waals surface area contributed by atoms with Gasteiger partial charge in [-0.15, -0.1) is 5.10 Å². The highest BCUT2D eigenvalue weighted by molar-refractivity contribution is 7.99. The largest absolute Gasteiger partial charge is 0.308 e. The maximum atomic E-state index is 13.0. The molecule has 1 saturated heterocycles. The zero-order valence-electron chi connectivity index (χ0n) is 15.7. The second-order valence-electron chi connectivity index (χ2n) is 7.66. The molecule has 2 heterocycles. The first-order chi connectivity index (χ1) is 12.7. The van der Waals surface area contributed by atoms with Crippen molar-refractivity contribution < 1.29 is 13.2 Å². The van der Waals surface area contributed by atoms with E-state index in [1.807, 2.05) is 51.1 Å². The molecule has 0 bridgehead atoms. The molecule has 3 rings (SSSR count). The maximum absolute atomic E-state index is 13.0. The van der Waals surface area contributed by atoms with Crippen LogP contribution in [0.25, 0.3) is 0 Å². The molecule has 0 aliphatic carbocycles. The number of aromatic nitrogens is 3. The first-order valence-electron chi connectivity index (χ1n) is 8.79. The fraction of sp³-hybridized carbons (Fsp3) is 0.500. The van der Waals surface area contributed by atoms with Crippen LogP contribution in [0.1, 0.15) is 33.0 Å². The van der Waals surface area contributed by atoms with E-state index in [4.69, 9.17) is 0 Å². The average molecular weight is 409 g/mol. The van der Waals surface area contributed by atoms with E-state index in [0.717, 1.165) is 11.5 Å². The predicted molar refractivity (Wildman–Crippen MR) is 107 cm³/mol. The third kappa shape index (κ3) is 4.90. The lowest BCUT2D eigenvalue weighted by molar-refractivity contribution is -0.116. The van der Waals surface area contributed by atoms with Gasteiger partial charge in [-0.1, -0.05) is 50.7 Å². The van der Waals surface area contributed by atoms with Gasteiger partial charge >= 0.3 is 0 Å². The number of anilines is 1. The number of para-hydroxylation sites is 1. The second kappa shape index (κ2) is 7.63. The van der Waals surface area contributed by atoms with Gasteiger partial charge in [0.2, 0.25) is 11.1 Å². The van der Waals surface area contributed by atoms with E-state index >= 15 is 0 Å². The van der Waals surface area contributed by atoms with Crippen molar-refractivity contribution in [3.63, 3.8) is 0 Å². The first-order valence-corrected chi connectivity index (χ1v) is 11.6. The number of carbonyl (C=O) groups excluding carboxylic acids is 1. The Labute approximate surface area is 163 Å². The van der Waals surface area contributed by atoms with Gasteiger partial charge in [0.05, 0.1) is 23.3 Å². The fourth-order valence-corrected chi connectivity index (χ4v) is 5.33. The van der Waals surface area contributed by atoms with Gasteiger partial charge < -0.3 is 4.90 Å². The molecule has 1 aromatic heterocycles. The number of amides is 1. The number of thioether (sulfide) groups is 1. The number of nitrogens with one attached hydrogen (secondary N) is 1. The highest BCUT2D eigenvalue weighted by Gasteiger charge is 2.35. The summed E-state index contributed by atoms with van der Waals surface area (Å²) in [5.74, 6) is 0.895. The summed E-state index contributed by atoms with van der Waals surface area (Å²) in [5, 5.41) is 7.59. The summed E-state index contributed by atoms with van der Waals surface area (Å²) in [6, 6.07) is 8.89. The van der Waals surface area contributed by atoms with E-state index in [9.17, 15) is 13.2 Å². The minimum absolute atomic E-state index is 0.00707. The van der Waals surface area contributed by atoms with Crippen LogP contribution in [0.2, 0.25) is 0 Å². The number of carbonyl (C=O) groups is 1. The van der Waals surface area contributed by atoms with Gasteiger partial charge in [-0.05, 0) is 18.6 Å². The molecule has 1 N–H and O–H groups in total. The Morgan fingerprint density at radius 3 is 2.56 bits per heavy atom. The number of sulfone groups is 1. The molecule has 1 aliphatic rings. The molecule has 1 amide bonds. The van der Waals surface area contributed by atoms with Crippen molar-refractivity contribution in [2.45, 2.75) is 43.8 Å². The van der Waals surface area contributed by atoms with Crippen LogP contribution in [0.3, 0.4) is 0 Å². The van der Waals surface area contributed by atoms with Crippen LogP contribution >= 0.6 is 11.8 Å². The molecule has 9 heteroatoms. The number of nitrogens with zero attached hydrogens (tertiary/aromatic N) is 3. The zero-order valence-corrected chi connectivity index (χ0v) is 17.3. The van der Waals surface area contributed by atoms with Crippen LogP contribution in [-0.4, -0.2) is 52.8 Å². The normalized spacial score (nSPS) is 19.1. The van der Waals surface area contributed by atoms with Crippen molar-refractivity contribution in [2.24, 2.45) is 0 Å². The van der Waals surface area contributed by atoms with Crippen LogP contribution in [0.4, 0.5) is 5.69 Å². The molecule has 1 aromatic carbocycles. The predicted octanol–water partition coefficient (Wildman–Crippen LogP) is 2.41. The molecular weight excluding hydrogens is 384 g/mol. The summed E-state index contributed by atoms with van der Waals surface area (Å²) >= 11 is 1.25. The van der Waals surface area contributed by atoms with E-state index in [0.29, 0.717) is 11.6 Å². The third-order valence-corrected chi connectivity index (χ3v) is 6.96. The van der Waals surface area contributed by atoms with Crippen molar-refractivity contribution in [1.82, 2.24) is 15.2 Å². The average Bonchev–Trinajstić information content (AvgIpc) is 3.21. The summed E-state index contributed by atoms with van der Waals surface area (Å²) in [6.45, 7) is 6.10. The number of aromatic amines is 1. The van der Waals surface area contributed by atoms with Gasteiger partial charge in [-0.2, -0.15) is 0 Å². The van der Waals surface area contributed by atoms with Crippen molar-refractivity contribution in [2.75, 3.05) is 22.2 Å². The van der Waals surface area contributed by atoms with Crippen LogP contribution in [0.15, 0.2) is 35.5 Å². The lowest BCUT2D eigenvalue weighted by Crippen LogP contribution is -2.42. The van der Waals surface area contributed by atoms with Gasteiger partial charge in [0.1, 0.15) is 5.82 Å². The molecule has 0 spiro atoms. The van der Waals surface area contributed by atoms with Crippen LogP contribution in [-0.2, 0) is 20.0 Å². The lowest BCUT2D eigenvalue weighted by atomic mass is 9.96. The van der Waals surface area contributed by atoms with Crippen molar-refractivity contribution >= 4 is 33.2 Å². The molecule has 1 aliphatic heterocycles. The Balaban J connectivity index is 1.74. The number of rotatable bonds is 5. The summed E-state index contributed by atoms with van der Waals surface area (Å²) in [4.78, 5) is 19.0. The monoisotopic (exact) mass is 408 g/mol. The summed E-state index contributed by atoms with van der Waals surface area (Å²) in [6.07, 6.45) is 0.461. The minimum Gasteiger partial charge on any atom is -0.308 e. The first kappa shape index (κ1) is 19.9. The second-order valence-corrected chi connectivity index (χ2v) is 10.8. The van der Waals surface area contributed by atoms with E-state index < -0.39 is 9.84 Å². The quantitative estimate of drug-likeness (QED) is 0.763. The Morgan fingerprint density at radius 2 is 2.00 bits per heavy atom. The van der Waals surface area contributed by atoms with Crippen LogP contribution in [0.5, 0.6) is 0 Å². The van der Waals surface area contributed by atoms with Gasteiger partial charge in [0.25, 0.3) is 0 Å². The third-order valence-electron chi connectivity index (χ3n) is 4.38. The molecule has 0 radical (unpaired) electrons. The van der Waals surface area contributed by atoms with Crippen LogP contribution in [0, 0.1) is 0 Å². The van der Waals surface area contributed by atoms with Gasteiger partial charge in [0, 0.05) is 11.1 Å². The molecule has 0 unspecified atom stereocenters. The Kier molecular flexibility index (Phi) is 5.62. The topological polar surface area (TPSA) is 96.0 Å². The van der Waals surface area contributed by atoms with E-state index in [2.05, 4.69) is 15.2 Å². The Morgan fingerprint density at radius 1 is 1.30 bits per heavy atom. The van der Waals surface area contributed by atoms with Crippen molar-refractivity contribution in [3.8, 4) is 0 Å². The Hall–Kier alpha value is -1.87. The highest BCUT2D eigenvalue weighted by Crippen LogP contribution is 2.27. The van der Waals surface area contributed by atoms with Crippen molar-refractivity contribution in [3.05, 3.63) is 36.2 Å². The van der Waals surface area contributed by atoms with Gasteiger partial charge in [-0.25, -0.2) is 13.4 Å². The fourth-order valence-electron chi connectivity index (χ4n) is 2.97. The number of hydrogen-bond acceptors (Lipinski definition) is 6. The molecule has 1 atom stereocenters. The molecule has 1 fully saturated rings. The summed E-state index contributed by atoms with van der Waals surface area (Å²) in [5.41, 5.74) is 0.569. The number of hydrogen-bond donors (Lipinski definition) is 1. The number of H-pyrrole nitrogens is 1. The van der Waals surface area contributed by atoms with Gasteiger partial charge in [-0.3, -0.25) is 9.89 Å². The molecule has 146 valence electrons. The highest BCUT2D eigenvalue weighted by atomic mass is 32.2. The molecule has 2 aromatic rings. The minimum atomic E-state index is -3.09. The summed E-state index contributed by atoms with van der Waals surface area (Å²) < 4.78 is 23.8. The SMILES string of the molecule is CC(C)(C)c1nc(SCC(=O)N(c2ccccc2)[C@H]2CCS(=O)(=O)C2)n[nH]1. The summed E-state index contributed by atoms with van der Waals surface area (Å²) in [7, 11) is -3.09. The van der Waals surface area contributed by atoms with E-state index in [-0.39, 0.29) is 34.6 Å². The maximum Gasteiger partial charge on any atom is 0.237 e. The molecular formula is C18H24N4O3S2. The molecule has 27 heavy (non-hydrogen) atoms. The molecule has 7 nitrogen and oxygen atoms in total. The zero-order chi connectivity index (χ0) is 19.7.